The molecule has 0 aliphatic heterocycles. The van der Waals surface area contributed by atoms with Gasteiger partial charge in [-0.25, -0.2) is 13.1 Å². The Morgan fingerprint density at radius 2 is 2.00 bits per heavy atom. The third-order valence-corrected chi connectivity index (χ3v) is 3.35. The van der Waals surface area contributed by atoms with Crippen molar-refractivity contribution in [2.75, 3.05) is 6.26 Å². The highest BCUT2D eigenvalue weighted by molar-refractivity contribution is 7.88. The molecule has 0 bridgehead atoms. The van der Waals surface area contributed by atoms with Crippen LogP contribution in [0, 0.1) is 5.41 Å². The second kappa shape index (κ2) is 3.58. The second-order valence-electron chi connectivity index (χ2n) is 4.85. The minimum Gasteiger partial charge on any atom is -0.213 e. The number of hydrogen-bond acceptors (Lipinski definition) is 2. The van der Waals surface area contributed by atoms with Gasteiger partial charge in [-0.3, -0.25) is 0 Å². The van der Waals surface area contributed by atoms with Crippen molar-refractivity contribution >= 4 is 10.0 Å². The van der Waals surface area contributed by atoms with Gasteiger partial charge in [0, 0.05) is 6.04 Å². The average Bonchev–Trinajstić information content (AvgIpc) is 1.79. The van der Waals surface area contributed by atoms with Crippen LogP contribution in [0.3, 0.4) is 0 Å². The molecule has 1 aliphatic carbocycles. The fourth-order valence-electron chi connectivity index (χ4n) is 2.10. The smallest absolute Gasteiger partial charge is 0.208 e. The van der Waals surface area contributed by atoms with Gasteiger partial charge in [-0.2, -0.15) is 0 Å². The average molecular weight is 205 g/mol. The molecule has 4 heteroatoms. The Bertz CT molecular complexity index is 269. The first-order valence-electron chi connectivity index (χ1n) is 4.76. The van der Waals surface area contributed by atoms with Crippen molar-refractivity contribution in [3.63, 3.8) is 0 Å². The van der Waals surface area contributed by atoms with Gasteiger partial charge in [0.15, 0.2) is 0 Å². The van der Waals surface area contributed by atoms with Crippen LogP contribution < -0.4 is 4.72 Å². The maximum absolute atomic E-state index is 11.0. The van der Waals surface area contributed by atoms with E-state index in [0.717, 1.165) is 19.3 Å². The highest BCUT2D eigenvalue weighted by Crippen LogP contribution is 2.35. The molecular formula is C9H19NO2S. The summed E-state index contributed by atoms with van der Waals surface area (Å²) in [4.78, 5) is 0. The van der Waals surface area contributed by atoms with Crippen LogP contribution in [0.1, 0.15) is 39.5 Å². The van der Waals surface area contributed by atoms with Crippen molar-refractivity contribution in [3.05, 3.63) is 0 Å². The van der Waals surface area contributed by atoms with Crippen LogP contribution in [-0.2, 0) is 10.0 Å². The first-order valence-corrected chi connectivity index (χ1v) is 6.65. The Morgan fingerprint density at radius 3 is 2.46 bits per heavy atom. The standard InChI is InChI=1S/C9H19NO2S/c1-9(2)6-4-5-8(7-9)10-13(3,11)12/h8,10H,4-7H2,1-3H3. The summed E-state index contributed by atoms with van der Waals surface area (Å²) < 4.78 is 24.7. The molecule has 1 aliphatic rings. The monoisotopic (exact) mass is 205 g/mol. The number of nitrogens with one attached hydrogen (secondary N) is 1. The number of hydrogen-bond donors (Lipinski definition) is 1. The largest absolute Gasteiger partial charge is 0.213 e. The quantitative estimate of drug-likeness (QED) is 0.742. The van der Waals surface area contributed by atoms with Gasteiger partial charge in [-0.15, -0.1) is 0 Å². The van der Waals surface area contributed by atoms with Gasteiger partial charge in [0.2, 0.25) is 10.0 Å². The zero-order chi connectivity index (χ0) is 10.1. The minimum absolute atomic E-state index is 0.152. The summed E-state index contributed by atoms with van der Waals surface area (Å²) >= 11 is 0. The lowest BCUT2D eigenvalue weighted by Gasteiger charge is -2.35. The molecule has 78 valence electrons. The summed E-state index contributed by atoms with van der Waals surface area (Å²) in [6, 6.07) is 0.152. The molecule has 0 aromatic rings. The van der Waals surface area contributed by atoms with Crippen LogP contribution in [-0.4, -0.2) is 20.7 Å². The van der Waals surface area contributed by atoms with E-state index in [1.165, 1.54) is 12.7 Å². The van der Waals surface area contributed by atoms with Crippen molar-refractivity contribution in [2.24, 2.45) is 5.41 Å². The van der Waals surface area contributed by atoms with Gasteiger partial charge >= 0.3 is 0 Å². The SMILES string of the molecule is CC1(C)CCCC(NS(C)(=O)=O)C1. The van der Waals surface area contributed by atoms with Gasteiger partial charge in [0.25, 0.3) is 0 Å². The van der Waals surface area contributed by atoms with Crippen molar-refractivity contribution in [2.45, 2.75) is 45.6 Å². The highest BCUT2D eigenvalue weighted by Gasteiger charge is 2.29. The Kier molecular flexibility index (Phi) is 3.02. The van der Waals surface area contributed by atoms with Gasteiger partial charge in [0.05, 0.1) is 6.26 Å². The molecule has 0 heterocycles. The fourth-order valence-corrected chi connectivity index (χ4v) is 2.91. The van der Waals surface area contributed by atoms with Crippen molar-refractivity contribution < 1.29 is 8.42 Å². The summed E-state index contributed by atoms with van der Waals surface area (Å²) in [5, 5.41) is 0. The van der Waals surface area contributed by atoms with E-state index in [9.17, 15) is 8.42 Å². The molecule has 1 unspecified atom stereocenters. The minimum atomic E-state index is -3.02. The molecule has 1 saturated carbocycles. The van der Waals surface area contributed by atoms with Crippen LogP contribution in [0.15, 0.2) is 0 Å². The van der Waals surface area contributed by atoms with Crippen molar-refractivity contribution in [1.29, 1.82) is 0 Å². The van der Waals surface area contributed by atoms with E-state index < -0.39 is 10.0 Å². The van der Waals surface area contributed by atoms with Gasteiger partial charge < -0.3 is 0 Å². The van der Waals surface area contributed by atoms with E-state index in [2.05, 4.69) is 18.6 Å². The maximum Gasteiger partial charge on any atom is 0.208 e. The highest BCUT2D eigenvalue weighted by atomic mass is 32.2. The predicted octanol–water partition coefficient (Wildman–Crippen LogP) is 1.50. The predicted molar refractivity (Wildman–Crippen MR) is 54.0 cm³/mol. The number of sulfonamides is 1. The van der Waals surface area contributed by atoms with Gasteiger partial charge in [0.1, 0.15) is 0 Å². The lowest BCUT2D eigenvalue weighted by molar-refractivity contribution is 0.212. The third kappa shape index (κ3) is 4.09. The van der Waals surface area contributed by atoms with E-state index in [1.807, 2.05) is 0 Å². The van der Waals surface area contributed by atoms with Crippen LogP contribution >= 0.6 is 0 Å². The Morgan fingerprint density at radius 1 is 1.38 bits per heavy atom. The molecule has 0 radical (unpaired) electrons. The maximum atomic E-state index is 11.0. The molecular weight excluding hydrogens is 186 g/mol. The molecule has 1 N–H and O–H groups in total. The third-order valence-electron chi connectivity index (χ3n) is 2.59. The summed E-state index contributed by atoms with van der Waals surface area (Å²) in [5.41, 5.74) is 0.292. The molecule has 0 spiro atoms. The molecule has 1 atom stereocenters. The summed E-state index contributed by atoms with van der Waals surface area (Å²) in [6.07, 6.45) is 5.50. The van der Waals surface area contributed by atoms with Crippen LogP contribution in [0.4, 0.5) is 0 Å². The van der Waals surface area contributed by atoms with E-state index in [1.54, 1.807) is 0 Å². The van der Waals surface area contributed by atoms with E-state index >= 15 is 0 Å². The lowest BCUT2D eigenvalue weighted by Crippen LogP contribution is -2.40. The number of rotatable bonds is 2. The first kappa shape index (κ1) is 11.0. The van der Waals surface area contributed by atoms with Gasteiger partial charge in [-0.05, 0) is 24.7 Å². The van der Waals surface area contributed by atoms with Crippen LogP contribution in [0.25, 0.3) is 0 Å². The van der Waals surface area contributed by atoms with Crippen molar-refractivity contribution in [1.82, 2.24) is 4.72 Å². The van der Waals surface area contributed by atoms with Crippen molar-refractivity contribution in [3.8, 4) is 0 Å². The second-order valence-corrected chi connectivity index (χ2v) is 6.63. The van der Waals surface area contributed by atoms with Gasteiger partial charge in [-0.1, -0.05) is 20.3 Å². The summed E-state index contributed by atoms with van der Waals surface area (Å²) in [7, 11) is -3.02. The lowest BCUT2D eigenvalue weighted by atomic mass is 9.75. The van der Waals surface area contributed by atoms with Crippen LogP contribution in [0.2, 0.25) is 0 Å². The molecule has 1 fully saturated rings. The van der Waals surface area contributed by atoms with Crippen LogP contribution in [0.5, 0.6) is 0 Å². The Hall–Kier alpha value is -0.0900. The van der Waals surface area contributed by atoms with E-state index in [0.29, 0.717) is 5.41 Å². The van der Waals surface area contributed by atoms with E-state index in [-0.39, 0.29) is 6.04 Å². The fraction of sp³-hybridized carbons (Fsp3) is 1.00. The van der Waals surface area contributed by atoms with E-state index in [4.69, 9.17) is 0 Å². The zero-order valence-electron chi connectivity index (χ0n) is 8.63. The Labute approximate surface area is 81.0 Å². The normalized spacial score (nSPS) is 28.7. The molecule has 1 rings (SSSR count). The summed E-state index contributed by atoms with van der Waals surface area (Å²) in [6.45, 7) is 4.40. The molecule has 13 heavy (non-hydrogen) atoms. The topological polar surface area (TPSA) is 46.2 Å². The molecule has 0 saturated heterocycles. The zero-order valence-corrected chi connectivity index (χ0v) is 9.45. The Balaban J connectivity index is 2.53. The molecule has 0 amide bonds. The molecule has 0 aromatic carbocycles. The molecule has 0 aromatic heterocycles. The first-order chi connectivity index (χ1) is 5.79. The summed E-state index contributed by atoms with van der Waals surface area (Å²) in [5.74, 6) is 0. The molecule has 3 nitrogen and oxygen atoms in total.